The maximum atomic E-state index is 5.99. The van der Waals surface area contributed by atoms with Crippen LogP contribution in [-0.4, -0.2) is 15.0 Å². The number of pyridine rings is 1. The Hall–Kier alpha value is -1.55. The first kappa shape index (κ1) is 9.98. The van der Waals surface area contributed by atoms with E-state index in [1.807, 2.05) is 19.9 Å². The van der Waals surface area contributed by atoms with Crippen LogP contribution in [0.5, 0.6) is 0 Å². The highest BCUT2D eigenvalue weighted by atomic mass is 35.5. The Labute approximate surface area is 92.5 Å². The van der Waals surface area contributed by atoms with E-state index in [9.17, 15) is 0 Å². The molecule has 0 fully saturated rings. The molecule has 0 radical (unpaired) electrons. The Kier molecular flexibility index (Phi) is 2.36. The summed E-state index contributed by atoms with van der Waals surface area (Å²) in [5.74, 6) is 1.29. The number of imidazole rings is 1. The molecule has 0 aliphatic carbocycles. The zero-order chi connectivity index (χ0) is 11.0. The van der Waals surface area contributed by atoms with Crippen molar-refractivity contribution in [1.29, 1.82) is 0 Å². The molecule has 0 spiro atoms. The summed E-state index contributed by atoms with van der Waals surface area (Å²) in [6.45, 7) is 3.81. The molecule has 0 amide bonds. The molecule has 0 aromatic carbocycles. The first-order valence-corrected chi connectivity index (χ1v) is 4.90. The van der Waals surface area contributed by atoms with Gasteiger partial charge in [-0.15, -0.1) is 0 Å². The molecule has 2 aromatic rings. The molecule has 15 heavy (non-hydrogen) atoms. The number of H-pyrrole nitrogens is 1. The molecule has 0 unspecified atom stereocenters. The highest BCUT2D eigenvalue weighted by molar-refractivity contribution is 6.31. The second-order valence-electron chi connectivity index (χ2n) is 3.41. The number of nitrogens with zero attached hydrogens (tertiary/aromatic N) is 2. The third-order valence-corrected chi connectivity index (χ3v) is 2.45. The molecule has 0 aliphatic rings. The quantitative estimate of drug-likeness (QED) is 0.778. The molecule has 0 aliphatic heterocycles. The number of hydrogen-bond acceptors (Lipinski definition) is 3. The third-order valence-electron chi connectivity index (χ3n) is 2.18. The van der Waals surface area contributed by atoms with E-state index in [0.717, 1.165) is 22.6 Å². The number of aromatic amines is 1. The van der Waals surface area contributed by atoms with Gasteiger partial charge >= 0.3 is 0 Å². The summed E-state index contributed by atoms with van der Waals surface area (Å²) in [4.78, 5) is 11.2. The molecule has 3 N–H and O–H groups in total. The number of hydrogen-bond donors (Lipinski definition) is 2. The second-order valence-corrected chi connectivity index (χ2v) is 3.77. The van der Waals surface area contributed by atoms with Crippen molar-refractivity contribution < 1.29 is 0 Å². The molecule has 78 valence electrons. The van der Waals surface area contributed by atoms with Crippen LogP contribution in [0, 0.1) is 13.8 Å². The van der Waals surface area contributed by atoms with Crippen LogP contribution in [0.3, 0.4) is 0 Å². The average molecular weight is 223 g/mol. The lowest BCUT2D eigenvalue weighted by Gasteiger charge is -2.03. The van der Waals surface area contributed by atoms with Crippen LogP contribution in [-0.2, 0) is 0 Å². The van der Waals surface area contributed by atoms with E-state index in [-0.39, 0.29) is 0 Å². The van der Waals surface area contributed by atoms with E-state index >= 15 is 0 Å². The zero-order valence-electron chi connectivity index (χ0n) is 8.50. The van der Waals surface area contributed by atoms with Gasteiger partial charge in [0.25, 0.3) is 0 Å². The van der Waals surface area contributed by atoms with Crippen LogP contribution in [0.2, 0.25) is 5.15 Å². The van der Waals surface area contributed by atoms with E-state index in [0.29, 0.717) is 11.0 Å². The molecule has 0 saturated carbocycles. The lowest BCUT2D eigenvalue weighted by molar-refractivity contribution is 1.15. The van der Waals surface area contributed by atoms with Crippen LogP contribution in [0.15, 0.2) is 12.3 Å². The third kappa shape index (κ3) is 1.80. The van der Waals surface area contributed by atoms with Gasteiger partial charge in [-0.2, -0.15) is 0 Å². The molecular weight excluding hydrogens is 212 g/mol. The summed E-state index contributed by atoms with van der Waals surface area (Å²) >= 11 is 5.99. The minimum Gasteiger partial charge on any atom is -0.384 e. The molecular formula is C10H11ClN4. The van der Waals surface area contributed by atoms with Crippen molar-refractivity contribution in [2.24, 2.45) is 0 Å². The van der Waals surface area contributed by atoms with Gasteiger partial charge in [-0.3, -0.25) is 0 Å². The van der Waals surface area contributed by atoms with E-state index in [1.54, 1.807) is 6.20 Å². The number of nitrogens with one attached hydrogen (secondary N) is 1. The van der Waals surface area contributed by atoms with Gasteiger partial charge in [-0.1, -0.05) is 11.6 Å². The fourth-order valence-corrected chi connectivity index (χ4v) is 1.76. The minimum atomic E-state index is 0.460. The number of halogens is 1. The average Bonchev–Trinajstić information content (AvgIpc) is 2.45. The van der Waals surface area contributed by atoms with Gasteiger partial charge < -0.3 is 10.7 Å². The van der Waals surface area contributed by atoms with Crippen molar-refractivity contribution in [3.8, 4) is 11.3 Å². The van der Waals surface area contributed by atoms with Crippen molar-refractivity contribution in [1.82, 2.24) is 15.0 Å². The molecule has 5 heteroatoms. The molecule has 0 atom stereocenters. The Balaban J connectivity index is 2.59. The van der Waals surface area contributed by atoms with E-state index in [2.05, 4.69) is 15.0 Å². The van der Waals surface area contributed by atoms with Gasteiger partial charge in [0.2, 0.25) is 0 Å². The van der Waals surface area contributed by atoms with Crippen LogP contribution >= 0.6 is 11.6 Å². The summed E-state index contributed by atoms with van der Waals surface area (Å²) in [7, 11) is 0. The Bertz CT molecular complexity index is 504. The van der Waals surface area contributed by atoms with Gasteiger partial charge in [-0.25, -0.2) is 9.97 Å². The number of nitrogens with two attached hydrogens (primary N) is 1. The Morgan fingerprint density at radius 1 is 1.40 bits per heavy atom. The van der Waals surface area contributed by atoms with Crippen LogP contribution < -0.4 is 5.73 Å². The van der Waals surface area contributed by atoms with Crippen LogP contribution in [0.4, 0.5) is 5.82 Å². The lowest BCUT2D eigenvalue weighted by atomic mass is 10.1. The Morgan fingerprint density at radius 2 is 2.13 bits per heavy atom. The van der Waals surface area contributed by atoms with Gasteiger partial charge in [0.15, 0.2) is 5.15 Å². The van der Waals surface area contributed by atoms with Gasteiger partial charge in [0, 0.05) is 11.8 Å². The monoisotopic (exact) mass is 222 g/mol. The molecule has 0 bridgehead atoms. The molecule has 0 saturated heterocycles. The fourth-order valence-electron chi connectivity index (χ4n) is 1.48. The van der Waals surface area contributed by atoms with Crippen molar-refractivity contribution in [3.63, 3.8) is 0 Å². The highest BCUT2D eigenvalue weighted by Gasteiger charge is 2.11. The summed E-state index contributed by atoms with van der Waals surface area (Å²) < 4.78 is 0. The summed E-state index contributed by atoms with van der Waals surface area (Å²) in [5, 5.41) is 0.460. The smallest absolute Gasteiger partial charge is 0.155 e. The first-order valence-electron chi connectivity index (χ1n) is 4.52. The van der Waals surface area contributed by atoms with Crippen molar-refractivity contribution in [2.45, 2.75) is 13.8 Å². The maximum Gasteiger partial charge on any atom is 0.155 e. The van der Waals surface area contributed by atoms with E-state index < -0.39 is 0 Å². The summed E-state index contributed by atoms with van der Waals surface area (Å²) in [5.41, 5.74) is 8.32. The largest absolute Gasteiger partial charge is 0.384 e. The number of rotatable bonds is 1. The highest BCUT2D eigenvalue weighted by Crippen LogP contribution is 2.28. The molecule has 2 aromatic heterocycles. The van der Waals surface area contributed by atoms with Crippen molar-refractivity contribution >= 4 is 17.4 Å². The second kappa shape index (κ2) is 3.55. The van der Waals surface area contributed by atoms with E-state index in [1.165, 1.54) is 0 Å². The summed E-state index contributed by atoms with van der Waals surface area (Å²) in [6, 6.07) is 1.81. The van der Waals surface area contributed by atoms with Crippen LogP contribution in [0.1, 0.15) is 11.4 Å². The molecule has 2 rings (SSSR count). The number of nitrogen functional groups attached to an aromatic ring is 1. The number of aryl methyl sites for hydroxylation is 2. The lowest BCUT2D eigenvalue weighted by Crippen LogP contribution is -1.93. The molecule has 4 nitrogen and oxygen atoms in total. The standard InChI is InChI=1S/C10H11ClN4/c1-5-3-8(12)13-4-7(5)9-10(11)15-6(2)14-9/h3-4H,1-2H3,(H2,12,13)(H,14,15). The molecule has 2 heterocycles. The van der Waals surface area contributed by atoms with E-state index in [4.69, 9.17) is 17.3 Å². The number of aromatic nitrogens is 3. The normalized spacial score (nSPS) is 10.6. The van der Waals surface area contributed by atoms with Crippen LogP contribution in [0.25, 0.3) is 11.3 Å². The number of anilines is 1. The van der Waals surface area contributed by atoms with Gasteiger partial charge in [0.1, 0.15) is 11.6 Å². The minimum absolute atomic E-state index is 0.460. The predicted molar refractivity (Wildman–Crippen MR) is 60.7 cm³/mol. The SMILES string of the molecule is Cc1nc(Cl)c(-c2cnc(N)cc2C)[nH]1. The predicted octanol–water partition coefficient (Wildman–Crippen LogP) is 2.32. The van der Waals surface area contributed by atoms with Gasteiger partial charge in [-0.05, 0) is 25.5 Å². The topological polar surface area (TPSA) is 67.6 Å². The Morgan fingerprint density at radius 3 is 2.67 bits per heavy atom. The van der Waals surface area contributed by atoms with Crippen molar-refractivity contribution in [2.75, 3.05) is 5.73 Å². The van der Waals surface area contributed by atoms with Crippen molar-refractivity contribution in [3.05, 3.63) is 28.8 Å². The van der Waals surface area contributed by atoms with Gasteiger partial charge in [0.05, 0.1) is 5.69 Å². The first-order chi connectivity index (χ1) is 7.08. The fraction of sp³-hybridized carbons (Fsp3) is 0.200. The zero-order valence-corrected chi connectivity index (χ0v) is 9.26. The summed E-state index contributed by atoms with van der Waals surface area (Å²) in [6.07, 6.45) is 1.70. The maximum absolute atomic E-state index is 5.99.